The van der Waals surface area contributed by atoms with E-state index in [1.807, 2.05) is 11.8 Å². The van der Waals surface area contributed by atoms with Gasteiger partial charge in [-0.2, -0.15) is 0 Å². The first-order valence-corrected chi connectivity index (χ1v) is 10.7. The molecule has 0 radical (unpaired) electrons. The molecule has 0 aromatic carbocycles. The third kappa shape index (κ3) is 4.88. The minimum Gasteiger partial charge on any atom is -0.461 e. The van der Waals surface area contributed by atoms with Crippen LogP contribution in [0.5, 0.6) is 0 Å². The molecule has 0 spiro atoms. The van der Waals surface area contributed by atoms with E-state index in [9.17, 15) is 9.59 Å². The monoisotopic (exact) mass is 441 g/mol. The molecule has 1 fully saturated rings. The van der Waals surface area contributed by atoms with Gasteiger partial charge in [-0.3, -0.25) is 4.79 Å². The summed E-state index contributed by atoms with van der Waals surface area (Å²) in [7, 11) is 1.61. The molecule has 1 aliphatic heterocycles. The van der Waals surface area contributed by atoms with Crippen LogP contribution >= 0.6 is 22.9 Å². The zero-order chi connectivity index (χ0) is 21.0. The molecule has 0 saturated carbocycles. The Bertz CT molecular complexity index is 870. The van der Waals surface area contributed by atoms with Crippen molar-refractivity contribution in [1.29, 1.82) is 0 Å². The number of methoxy groups -OCH3 is 1. The van der Waals surface area contributed by atoms with Gasteiger partial charge < -0.3 is 24.7 Å². The van der Waals surface area contributed by atoms with E-state index in [2.05, 4.69) is 20.3 Å². The van der Waals surface area contributed by atoms with Crippen LogP contribution in [-0.2, 0) is 15.9 Å². The molecule has 11 heteroatoms. The molecule has 3 heterocycles. The van der Waals surface area contributed by atoms with Gasteiger partial charge in [-0.05, 0) is 19.8 Å². The SMILES string of the molecule is CCOC(=O)c1csc(N2CC[C@H](NC(=O)c3nc(Cl)c(CC)[nH]3)[C@H](OC)C2)n1. The number of hydrogen-bond donors (Lipinski definition) is 2. The van der Waals surface area contributed by atoms with Crippen LogP contribution in [0.2, 0.25) is 5.15 Å². The predicted octanol–water partition coefficient (Wildman–Crippen LogP) is 2.28. The number of piperidine rings is 1. The molecular formula is C18H24ClN5O4S. The molecule has 3 rings (SSSR count). The second-order valence-corrected chi connectivity index (χ2v) is 7.73. The van der Waals surface area contributed by atoms with Crippen LogP contribution in [0.1, 0.15) is 47.1 Å². The largest absolute Gasteiger partial charge is 0.461 e. The molecule has 9 nitrogen and oxygen atoms in total. The fraction of sp³-hybridized carbons (Fsp3) is 0.556. The van der Waals surface area contributed by atoms with Crippen molar-refractivity contribution >= 4 is 39.9 Å². The highest BCUT2D eigenvalue weighted by molar-refractivity contribution is 7.13. The maximum Gasteiger partial charge on any atom is 0.357 e. The van der Waals surface area contributed by atoms with E-state index in [0.717, 1.165) is 10.8 Å². The van der Waals surface area contributed by atoms with Crippen LogP contribution in [0.25, 0.3) is 0 Å². The molecule has 158 valence electrons. The van der Waals surface area contributed by atoms with E-state index in [-0.39, 0.29) is 23.9 Å². The van der Waals surface area contributed by atoms with Gasteiger partial charge in [0.1, 0.15) is 0 Å². The first-order valence-electron chi connectivity index (χ1n) is 9.42. The first kappa shape index (κ1) is 21.5. The number of H-pyrrole nitrogens is 1. The zero-order valence-electron chi connectivity index (χ0n) is 16.5. The summed E-state index contributed by atoms with van der Waals surface area (Å²) in [5.74, 6) is -0.543. The molecule has 1 saturated heterocycles. The third-order valence-corrected chi connectivity index (χ3v) is 5.94. The number of esters is 1. The molecule has 2 atom stereocenters. The van der Waals surface area contributed by atoms with Crippen molar-refractivity contribution in [1.82, 2.24) is 20.3 Å². The second kappa shape index (κ2) is 9.55. The van der Waals surface area contributed by atoms with Crippen LogP contribution in [0.3, 0.4) is 0 Å². The van der Waals surface area contributed by atoms with E-state index >= 15 is 0 Å². The summed E-state index contributed by atoms with van der Waals surface area (Å²) in [5.41, 5.74) is 1.04. The van der Waals surface area contributed by atoms with Gasteiger partial charge in [0.15, 0.2) is 21.8 Å². The van der Waals surface area contributed by atoms with Gasteiger partial charge in [-0.15, -0.1) is 11.3 Å². The minimum atomic E-state index is -0.427. The lowest BCUT2D eigenvalue weighted by atomic mass is 10.0. The van der Waals surface area contributed by atoms with E-state index in [1.54, 1.807) is 19.4 Å². The number of nitrogens with one attached hydrogen (secondary N) is 2. The number of aryl methyl sites for hydroxylation is 1. The summed E-state index contributed by atoms with van der Waals surface area (Å²) < 4.78 is 10.6. The number of rotatable bonds is 7. The average molecular weight is 442 g/mol. The van der Waals surface area contributed by atoms with Gasteiger partial charge in [0.2, 0.25) is 0 Å². The topological polar surface area (TPSA) is 109 Å². The first-order chi connectivity index (χ1) is 14.0. The van der Waals surface area contributed by atoms with Crippen molar-refractivity contribution in [2.45, 2.75) is 38.8 Å². The van der Waals surface area contributed by atoms with Crippen molar-refractivity contribution in [3.05, 3.63) is 27.7 Å². The maximum absolute atomic E-state index is 12.6. The van der Waals surface area contributed by atoms with Gasteiger partial charge >= 0.3 is 5.97 Å². The second-order valence-electron chi connectivity index (χ2n) is 6.53. The summed E-state index contributed by atoms with van der Waals surface area (Å²) >= 11 is 7.41. The number of aromatic amines is 1. The quantitative estimate of drug-likeness (QED) is 0.634. The van der Waals surface area contributed by atoms with Crippen LogP contribution in [0, 0.1) is 0 Å². The van der Waals surface area contributed by atoms with E-state index in [1.165, 1.54) is 11.3 Å². The fourth-order valence-corrected chi connectivity index (χ4v) is 4.27. The molecule has 2 aromatic rings. The Balaban J connectivity index is 1.63. The summed E-state index contributed by atoms with van der Waals surface area (Å²) in [4.78, 5) is 37.8. The predicted molar refractivity (Wildman–Crippen MR) is 110 cm³/mol. The van der Waals surface area contributed by atoms with Crippen LogP contribution in [0.15, 0.2) is 5.38 Å². The lowest BCUT2D eigenvalue weighted by Gasteiger charge is -2.37. The molecule has 1 aliphatic rings. The standard InChI is InChI=1S/C18H24ClN5O4S/c1-4-10-14(19)23-15(20-10)16(25)21-11-6-7-24(8-13(11)27-3)18-22-12(9-29-18)17(26)28-5-2/h9,11,13H,4-8H2,1-3H3,(H,20,23)(H,21,25)/t11-,13+/m0/s1. The highest BCUT2D eigenvalue weighted by atomic mass is 35.5. The number of ether oxygens (including phenoxy) is 2. The van der Waals surface area contributed by atoms with Crippen molar-refractivity contribution in [2.75, 3.05) is 31.7 Å². The Hall–Kier alpha value is -2.17. The smallest absolute Gasteiger partial charge is 0.357 e. The Kier molecular flexibility index (Phi) is 7.09. The third-order valence-electron chi connectivity index (χ3n) is 4.72. The number of anilines is 1. The van der Waals surface area contributed by atoms with Gasteiger partial charge in [0.05, 0.1) is 24.4 Å². The summed E-state index contributed by atoms with van der Waals surface area (Å²) in [6, 6.07) is -0.179. The number of carbonyl (C=O) groups is 2. The van der Waals surface area contributed by atoms with Gasteiger partial charge in [-0.1, -0.05) is 18.5 Å². The lowest BCUT2D eigenvalue weighted by molar-refractivity contribution is 0.0516. The van der Waals surface area contributed by atoms with Gasteiger partial charge in [-0.25, -0.2) is 14.8 Å². The van der Waals surface area contributed by atoms with E-state index in [4.69, 9.17) is 21.1 Å². The molecule has 1 amide bonds. The molecule has 2 aromatic heterocycles. The maximum atomic E-state index is 12.6. The van der Waals surface area contributed by atoms with Crippen LogP contribution < -0.4 is 10.2 Å². The van der Waals surface area contributed by atoms with E-state index in [0.29, 0.717) is 43.4 Å². The summed E-state index contributed by atoms with van der Waals surface area (Å²) in [6.07, 6.45) is 1.09. The number of imidazole rings is 1. The number of carbonyl (C=O) groups excluding carboxylic acids is 2. The van der Waals surface area contributed by atoms with Gasteiger partial charge in [0, 0.05) is 25.6 Å². The molecule has 29 heavy (non-hydrogen) atoms. The van der Waals surface area contributed by atoms with Crippen molar-refractivity contribution in [3.63, 3.8) is 0 Å². The molecule has 0 bridgehead atoms. The van der Waals surface area contributed by atoms with Crippen molar-refractivity contribution in [3.8, 4) is 0 Å². The molecule has 2 N–H and O–H groups in total. The zero-order valence-corrected chi connectivity index (χ0v) is 18.1. The van der Waals surface area contributed by atoms with E-state index < -0.39 is 5.97 Å². The number of amides is 1. The lowest BCUT2D eigenvalue weighted by Crippen LogP contribution is -2.55. The number of nitrogens with zero attached hydrogens (tertiary/aromatic N) is 3. The van der Waals surface area contributed by atoms with Gasteiger partial charge in [0.25, 0.3) is 5.91 Å². The Morgan fingerprint density at radius 2 is 2.21 bits per heavy atom. The minimum absolute atomic E-state index is 0.179. The highest BCUT2D eigenvalue weighted by Gasteiger charge is 2.32. The Morgan fingerprint density at radius 3 is 2.86 bits per heavy atom. The van der Waals surface area contributed by atoms with Crippen LogP contribution in [-0.4, -0.2) is 65.8 Å². The number of thiazole rings is 1. The number of hydrogen-bond acceptors (Lipinski definition) is 8. The van der Waals surface area contributed by atoms with Crippen LogP contribution in [0.4, 0.5) is 5.13 Å². The average Bonchev–Trinajstić information content (AvgIpc) is 3.35. The Labute approximate surface area is 177 Å². The summed E-state index contributed by atoms with van der Waals surface area (Å²) in [5, 5.41) is 5.71. The van der Waals surface area contributed by atoms with Crippen molar-refractivity contribution in [2.24, 2.45) is 0 Å². The molecule has 0 aliphatic carbocycles. The number of aromatic nitrogens is 3. The molecular weight excluding hydrogens is 418 g/mol. The molecule has 0 unspecified atom stereocenters. The Morgan fingerprint density at radius 1 is 1.41 bits per heavy atom. The fourth-order valence-electron chi connectivity index (χ4n) is 3.17. The van der Waals surface area contributed by atoms with Crippen molar-refractivity contribution < 1.29 is 19.1 Å². The normalized spacial score (nSPS) is 19.2. The summed E-state index contributed by atoms with van der Waals surface area (Å²) in [6.45, 7) is 5.20. The number of halogens is 1. The highest BCUT2D eigenvalue weighted by Crippen LogP contribution is 2.26.